The van der Waals surface area contributed by atoms with E-state index in [1.54, 1.807) is 37.4 Å². The topological polar surface area (TPSA) is 115 Å². The third-order valence-corrected chi connectivity index (χ3v) is 5.21. The molecule has 34 heavy (non-hydrogen) atoms. The molecule has 0 radical (unpaired) electrons. The van der Waals surface area contributed by atoms with Crippen molar-refractivity contribution in [3.05, 3.63) is 107 Å². The lowest BCUT2D eigenvalue weighted by Crippen LogP contribution is -2.30. The Labute approximate surface area is 202 Å². The van der Waals surface area contributed by atoms with Gasteiger partial charge < -0.3 is 20.9 Å². The summed E-state index contributed by atoms with van der Waals surface area (Å²) in [6.07, 6.45) is 4.36. The second-order valence-corrected chi connectivity index (χ2v) is 7.81. The fourth-order valence-corrected chi connectivity index (χ4v) is 3.22. The molecule has 3 aromatic rings. The molecule has 0 bridgehead atoms. The van der Waals surface area contributed by atoms with Gasteiger partial charge in [0, 0.05) is 18.0 Å². The number of nitrogens with two attached hydrogens (primary N) is 1. The third kappa shape index (κ3) is 6.70. The first kappa shape index (κ1) is 24.5. The van der Waals surface area contributed by atoms with Crippen molar-refractivity contribution in [1.29, 1.82) is 0 Å². The van der Waals surface area contributed by atoms with E-state index in [-0.39, 0.29) is 34.7 Å². The number of carboxylic acids is 1. The number of hydrogen-bond donors (Lipinski definition) is 3. The quantitative estimate of drug-likeness (QED) is 0.305. The molecule has 0 aliphatic rings. The summed E-state index contributed by atoms with van der Waals surface area (Å²) in [5, 5.41) is 12.1. The summed E-state index contributed by atoms with van der Waals surface area (Å²) in [5.41, 5.74) is 8.45. The summed E-state index contributed by atoms with van der Waals surface area (Å²) in [6.45, 7) is 1.76. The van der Waals surface area contributed by atoms with Gasteiger partial charge in [0.2, 0.25) is 0 Å². The van der Waals surface area contributed by atoms with Crippen LogP contribution in [-0.4, -0.2) is 28.6 Å². The molecule has 1 unspecified atom stereocenters. The number of carbonyl (C=O) groups excluding carboxylic acids is 1. The highest BCUT2D eigenvalue weighted by Gasteiger charge is 2.16. The van der Waals surface area contributed by atoms with Crippen LogP contribution in [-0.2, 0) is 4.79 Å². The Morgan fingerprint density at radius 2 is 1.82 bits per heavy atom. The van der Waals surface area contributed by atoms with Crippen molar-refractivity contribution in [3.8, 4) is 17.0 Å². The lowest BCUT2D eigenvalue weighted by molar-refractivity contribution is -0.118. The second-order valence-electron chi connectivity index (χ2n) is 7.37. The zero-order valence-corrected chi connectivity index (χ0v) is 19.2. The Balaban J connectivity index is 1.68. The Bertz CT molecular complexity index is 1190. The maximum Gasteiger partial charge on any atom is 0.335 e. The predicted molar refractivity (Wildman–Crippen MR) is 131 cm³/mol. The van der Waals surface area contributed by atoms with E-state index in [0.717, 1.165) is 16.8 Å². The predicted octanol–water partition coefficient (Wildman–Crippen LogP) is 4.67. The molecule has 1 amide bonds. The first-order valence-corrected chi connectivity index (χ1v) is 10.8. The largest absolute Gasteiger partial charge is 0.489 e. The first-order chi connectivity index (χ1) is 16.4. The molecule has 4 N–H and O–H groups in total. The highest BCUT2D eigenvalue weighted by molar-refractivity contribution is 6.31. The zero-order chi connectivity index (χ0) is 24.5. The van der Waals surface area contributed by atoms with E-state index in [0.29, 0.717) is 5.75 Å². The Morgan fingerprint density at radius 3 is 2.41 bits per heavy atom. The van der Waals surface area contributed by atoms with Crippen molar-refractivity contribution < 1.29 is 19.4 Å². The van der Waals surface area contributed by atoms with Gasteiger partial charge in [-0.2, -0.15) is 0 Å². The van der Waals surface area contributed by atoms with Crippen LogP contribution >= 0.6 is 11.6 Å². The molecule has 8 heteroatoms. The highest BCUT2D eigenvalue weighted by atomic mass is 35.5. The summed E-state index contributed by atoms with van der Waals surface area (Å²) in [7, 11) is 0. The highest BCUT2D eigenvalue weighted by Crippen LogP contribution is 2.21. The van der Waals surface area contributed by atoms with Crippen molar-refractivity contribution in [1.82, 2.24) is 10.3 Å². The van der Waals surface area contributed by atoms with Crippen LogP contribution in [0.2, 0.25) is 0 Å². The van der Waals surface area contributed by atoms with Gasteiger partial charge in [0.05, 0.1) is 27.9 Å². The number of aromatic nitrogens is 1. The number of halogens is 1. The molecule has 1 heterocycles. The van der Waals surface area contributed by atoms with Gasteiger partial charge in [-0.1, -0.05) is 29.8 Å². The minimum atomic E-state index is -1.01. The Kier molecular flexibility index (Phi) is 8.43. The molecule has 7 nitrogen and oxygen atoms in total. The fraction of sp³-hybridized carbons (Fsp3) is 0.115. The minimum absolute atomic E-state index is 0.0382. The van der Waals surface area contributed by atoms with Gasteiger partial charge in [0.1, 0.15) is 12.4 Å². The standard InChI is InChI=1S/C26H24ClN3O4/c1-17(18-5-7-20(8-6-18)26(32)33)30-25(31)21(14-22(27)15-28)16-34-23-11-9-19(10-12-23)24-4-2-3-13-29-24/h2-15,17H,16,28H2,1H3,(H,30,31)(H,32,33)/b21-14+,22-15+. The van der Waals surface area contributed by atoms with Crippen LogP contribution in [0.15, 0.2) is 95.8 Å². The van der Waals surface area contributed by atoms with E-state index < -0.39 is 5.97 Å². The summed E-state index contributed by atoms with van der Waals surface area (Å²) in [5.74, 6) is -0.828. The van der Waals surface area contributed by atoms with E-state index in [1.165, 1.54) is 24.4 Å². The molecule has 0 saturated heterocycles. The number of pyridine rings is 1. The first-order valence-electron chi connectivity index (χ1n) is 10.4. The van der Waals surface area contributed by atoms with Gasteiger partial charge in [-0.3, -0.25) is 9.78 Å². The number of nitrogens with zero attached hydrogens (tertiary/aromatic N) is 1. The van der Waals surface area contributed by atoms with Crippen LogP contribution in [0.25, 0.3) is 11.3 Å². The summed E-state index contributed by atoms with van der Waals surface area (Å²) < 4.78 is 5.81. The monoisotopic (exact) mass is 477 g/mol. The number of hydrogen-bond acceptors (Lipinski definition) is 5. The third-order valence-electron chi connectivity index (χ3n) is 4.98. The number of aromatic carboxylic acids is 1. The maximum absolute atomic E-state index is 12.9. The second kappa shape index (κ2) is 11.7. The van der Waals surface area contributed by atoms with Crippen molar-refractivity contribution in [2.24, 2.45) is 5.73 Å². The maximum atomic E-state index is 12.9. The molecule has 0 saturated carbocycles. The average Bonchev–Trinajstić information content (AvgIpc) is 2.87. The average molecular weight is 478 g/mol. The number of nitrogens with one attached hydrogen (secondary N) is 1. The summed E-state index contributed by atoms with van der Waals surface area (Å²) in [6, 6.07) is 19.0. The number of allylic oxidation sites excluding steroid dienone is 2. The lowest BCUT2D eigenvalue weighted by Gasteiger charge is -2.17. The van der Waals surface area contributed by atoms with Gasteiger partial charge >= 0.3 is 5.97 Å². The molecule has 0 aliphatic carbocycles. The SMILES string of the molecule is CC(NC(=O)/C(=C/C(Cl)=C\N)COc1ccc(-c2ccccn2)cc1)c1ccc(C(=O)O)cc1. The van der Waals surface area contributed by atoms with E-state index >= 15 is 0 Å². The van der Waals surface area contributed by atoms with E-state index in [1.807, 2.05) is 30.3 Å². The summed E-state index contributed by atoms with van der Waals surface area (Å²) in [4.78, 5) is 28.3. The van der Waals surface area contributed by atoms with E-state index in [4.69, 9.17) is 27.2 Å². The van der Waals surface area contributed by atoms with Crippen molar-refractivity contribution in [2.75, 3.05) is 6.61 Å². The number of benzene rings is 2. The molecule has 1 atom stereocenters. The van der Waals surface area contributed by atoms with Crippen molar-refractivity contribution >= 4 is 23.5 Å². The Hall–Kier alpha value is -4.10. The zero-order valence-electron chi connectivity index (χ0n) is 18.4. The molecule has 3 rings (SSSR count). The lowest BCUT2D eigenvalue weighted by atomic mass is 10.1. The van der Waals surface area contributed by atoms with Gasteiger partial charge in [-0.05, 0) is 67.1 Å². The van der Waals surface area contributed by atoms with Gasteiger partial charge in [0.15, 0.2) is 0 Å². The number of carboxylic acid groups (broad SMARTS) is 1. The number of ether oxygens (including phenoxy) is 1. The molecule has 2 aromatic carbocycles. The van der Waals surface area contributed by atoms with Crippen molar-refractivity contribution in [3.63, 3.8) is 0 Å². The molecular weight excluding hydrogens is 454 g/mol. The van der Waals surface area contributed by atoms with Gasteiger partial charge in [-0.25, -0.2) is 4.79 Å². The molecule has 0 aliphatic heterocycles. The van der Waals surface area contributed by atoms with Crippen LogP contribution in [0.3, 0.4) is 0 Å². The van der Waals surface area contributed by atoms with Crippen molar-refractivity contribution in [2.45, 2.75) is 13.0 Å². The fourth-order valence-electron chi connectivity index (χ4n) is 3.09. The number of amides is 1. The van der Waals surface area contributed by atoms with Crippen LogP contribution in [0, 0.1) is 0 Å². The molecule has 174 valence electrons. The van der Waals surface area contributed by atoms with E-state index in [9.17, 15) is 9.59 Å². The van der Waals surface area contributed by atoms with Crippen LogP contribution in [0.4, 0.5) is 0 Å². The smallest absolute Gasteiger partial charge is 0.335 e. The van der Waals surface area contributed by atoms with Gasteiger partial charge in [0.25, 0.3) is 5.91 Å². The molecule has 1 aromatic heterocycles. The number of rotatable bonds is 9. The van der Waals surface area contributed by atoms with Crippen LogP contribution in [0.1, 0.15) is 28.9 Å². The molecule has 0 spiro atoms. The van der Waals surface area contributed by atoms with E-state index in [2.05, 4.69) is 10.3 Å². The molecule has 0 fully saturated rings. The summed E-state index contributed by atoms with van der Waals surface area (Å²) >= 11 is 6.04. The van der Waals surface area contributed by atoms with Gasteiger partial charge in [-0.15, -0.1) is 0 Å². The minimum Gasteiger partial charge on any atom is -0.489 e. The van der Waals surface area contributed by atoms with Crippen LogP contribution < -0.4 is 15.8 Å². The van der Waals surface area contributed by atoms with Crippen LogP contribution in [0.5, 0.6) is 5.75 Å². The Morgan fingerprint density at radius 1 is 1.12 bits per heavy atom. The normalized spacial score (nSPS) is 12.6. The molecular formula is C26H24ClN3O4. The number of carbonyl (C=O) groups is 2.